The van der Waals surface area contributed by atoms with Crippen molar-refractivity contribution in [3.05, 3.63) is 78.4 Å². The minimum absolute atomic E-state index is 0.0657. The minimum Gasteiger partial charge on any atom is -0.394 e. The molecule has 3 unspecified atom stereocenters. The summed E-state index contributed by atoms with van der Waals surface area (Å²) in [7, 11) is 1.55. The number of likely N-dealkylation sites (tertiary alicyclic amines) is 1. The molecule has 3 heterocycles. The largest absolute Gasteiger partial charge is 0.394 e. The van der Waals surface area contributed by atoms with Gasteiger partial charge in [-0.05, 0) is 47.7 Å². The van der Waals surface area contributed by atoms with Crippen molar-refractivity contribution in [2.45, 2.75) is 43.6 Å². The summed E-state index contributed by atoms with van der Waals surface area (Å²) in [5, 5.41) is 18.3. The Kier molecular flexibility index (Phi) is 6.00. The van der Waals surface area contributed by atoms with Gasteiger partial charge in [0.2, 0.25) is 17.7 Å². The molecule has 39 heavy (non-hydrogen) atoms. The van der Waals surface area contributed by atoms with E-state index in [2.05, 4.69) is 10.6 Å². The van der Waals surface area contributed by atoms with Gasteiger partial charge in [-0.25, -0.2) is 0 Å². The maximum atomic E-state index is 14.3. The second-order valence-electron chi connectivity index (χ2n) is 11.2. The van der Waals surface area contributed by atoms with Gasteiger partial charge < -0.3 is 25.4 Å². The lowest BCUT2D eigenvalue weighted by atomic mass is 9.62. The van der Waals surface area contributed by atoms with Gasteiger partial charge in [-0.1, -0.05) is 67.6 Å². The van der Waals surface area contributed by atoms with Crippen LogP contribution in [0.1, 0.15) is 31.9 Å². The van der Waals surface area contributed by atoms with E-state index in [9.17, 15) is 19.5 Å². The number of ether oxygens (including phenoxy) is 1. The molecular weight excluding hydrogens is 494 g/mol. The van der Waals surface area contributed by atoms with Crippen LogP contribution in [0.15, 0.2) is 72.8 Å². The second kappa shape index (κ2) is 9.17. The zero-order valence-electron chi connectivity index (χ0n) is 22.3. The fourth-order valence-corrected chi connectivity index (χ4v) is 7.37. The Balaban J connectivity index is 1.46. The van der Waals surface area contributed by atoms with Gasteiger partial charge in [0.15, 0.2) is 0 Å². The number of nitrogens with one attached hydrogen (secondary N) is 2. The molecule has 8 nitrogen and oxygen atoms in total. The number of carbonyl (C=O) groups is 3. The summed E-state index contributed by atoms with van der Waals surface area (Å²) in [4.78, 5) is 43.3. The van der Waals surface area contributed by atoms with E-state index in [1.807, 2.05) is 86.6 Å². The first-order valence-corrected chi connectivity index (χ1v) is 13.4. The zero-order valence-corrected chi connectivity index (χ0v) is 22.3. The number of rotatable bonds is 6. The van der Waals surface area contributed by atoms with Crippen LogP contribution in [0.4, 0.5) is 5.69 Å². The van der Waals surface area contributed by atoms with Crippen molar-refractivity contribution in [2.75, 3.05) is 19.0 Å². The molecule has 0 aromatic heterocycles. The number of aliphatic hydroxyl groups is 1. The lowest BCUT2D eigenvalue weighted by Crippen LogP contribution is -2.55. The SMILES string of the molecule is CNC(=O)[C@@H]1[C@H]2C(=O)N([C@H](CO)c3ccccc3)C(C(=O)Nc3ccc4ccccc4c3)C23CC(C)[C@@]1(C)O3. The van der Waals surface area contributed by atoms with Gasteiger partial charge in [-0.3, -0.25) is 14.4 Å². The number of amides is 3. The summed E-state index contributed by atoms with van der Waals surface area (Å²) >= 11 is 0. The highest BCUT2D eigenvalue weighted by Crippen LogP contribution is 2.66. The molecule has 3 aliphatic heterocycles. The maximum Gasteiger partial charge on any atom is 0.250 e. The first-order chi connectivity index (χ1) is 18.7. The molecule has 2 bridgehead atoms. The number of hydrogen-bond acceptors (Lipinski definition) is 5. The van der Waals surface area contributed by atoms with Crippen molar-refractivity contribution in [3.63, 3.8) is 0 Å². The van der Waals surface area contributed by atoms with Gasteiger partial charge in [0.25, 0.3) is 0 Å². The topological polar surface area (TPSA) is 108 Å². The molecule has 8 heteroatoms. The first-order valence-electron chi connectivity index (χ1n) is 13.4. The van der Waals surface area contributed by atoms with E-state index in [1.165, 1.54) is 4.90 Å². The Morgan fingerprint density at radius 1 is 1.05 bits per heavy atom. The van der Waals surface area contributed by atoms with Crippen LogP contribution in [-0.2, 0) is 19.1 Å². The van der Waals surface area contributed by atoms with Crippen LogP contribution in [-0.4, -0.2) is 58.6 Å². The molecule has 3 aromatic rings. The maximum absolute atomic E-state index is 14.3. The second-order valence-corrected chi connectivity index (χ2v) is 11.2. The zero-order chi connectivity index (χ0) is 27.5. The summed E-state index contributed by atoms with van der Waals surface area (Å²) in [6, 6.07) is 20.9. The smallest absolute Gasteiger partial charge is 0.250 e. The average Bonchev–Trinajstić information content (AvgIpc) is 3.46. The third-order valence-electron chi connectivity index (χ3n) is 9.24. The molecule has 3 N–H and O–H groups in total. The van der Waals surface area contributed by atoms with Gasteiger partial charge in [0.1, 0.15) is 11.6 Å². The van der Waals surface area contributed by atoms with E-state index in [0.717, 1.165) is 10.8 Å². The number of aliphatic hydroxyl groups excluding tert-OH is 1. The fourth-order valence-electron chi connectivity index (χ4n) is 7.37. The first kappa shape index (κ1) is 25.5. The minimum atomic E-state index is -1.20. The molecular formula is C31H33N3O5. The van der Waals surface area contributed by atoms with Gasteiger partial charge in [-0.2, -0.15) is 0 Å². The molecule has 3 saturated heterocycles. The van der Waals surface area contributed by atoms with Crippen molar-refractivity contribution in [3.8, 4) is 0 Å². The van der Waals surface area contributed by atoms with Crippen molar-refractivity contribution in [2.24, 2.45) is 17.8 Å². The van der Waals surface area contributed by atoms with E-state index < -0.39 is 41.0 Å². The summed E-state index contributed by atoms with van der Waals surface area (Å²) in [6.07, 6.45) is 0.451. The van der Waals surface area contributed by atoms with Crippen LogP contribution in [0.2, 0.25) is 0 Å². The Bertz CT molecular complexity index is 1460. The van der Waals surface area contributed by atoms with Crippen LogP contribution in [0.3, 0.4) is 0 Å². The highest BCUT2D eigenvalue weighted by atomic mass is 16.5. The van der Waals surface area contributed by atoms with E-state index >= 15 is 0 Å². The van der Waals surface area contributed by atoms with Crippen LogP contribution in [0.25, 0.3) is 10.8 Å². The Labute approximate surface area is 227 Å². The molecule has 3 amide bonds. The Morgan fingerprint density at radius 3 is 2.44 bits per heavy atom. The van der Waals surface area contributed by atoms with E-state index in [0.29, 0.717) is 17.7 Å². The predicted molar refractivity (Wildman–Crippen MR) is 147 cm³/mol. The number of anilines is 1. The Hall–Kier alpha value is -3.75. The lowest BCUT2D eigenvalue weighted by Gasteiger charge is -2.37. The molecule has 3 aliphatic rings. The van der Waals surface area contributed by atoms with Crippen molar-refractivity contribution in [1.82, 2.24) is 10.2 Å². The van der Waals surface area contributed by atoms with E-state index in [1.54, 1.807) is 7.05 Å². The van der Waals surface area contributed by atoms with Gasteiger partial charge in [0.05, 0.1) is 30.1 Å². The van der Waals surface area contributed by atoms with Crippen LogP contribution >= 0.6 is 0 Å². The lowest BCUT2D eigenvalue weighted by molar-refractivity contribution is -0.149. The van der Waals surface area contributed by atoms with Crippen LogP contribution in [0, 0.1) is 17.8 Å². The van der Waals surface area contributed by atoms with Crippen LogP contribution < -0.4 is 10.6 Å². The van der Waals surface area contributed by atoms with Gasteiger partial charge in [-0.15, -0.1) is 0 Å². The van der Waals surface area contributed by atoms with Crippen molar-refractivity contribution in [1.29, 1.82) is 0 Å². The number of carbonyl (C=O) groups excluding carboxylic acids is 3. The molecule has 0 radical (unpaired) electrons. The summed E-state index contributed by atoms with van der Waals surface area (Å²) < 4.78 is 6.73. The van der Waals surface area contributed by atoms with Gasteiger partial charge >= 0.3 is 0 Å². The summed E-state index contributed by atoms with van der Waals surface area (Å²) in [5.41, 5.74) is -0.791. The molecule has 3 fully saturated rings. The number of nitrogens with zero attached hydrogens (tertiary/aromatic N) is 1. The molecule has 7 atom stereocenters. The molecule has 0 aliphatic carbocycles. The number of benzene rings is 3. The summed E-state index contributed by atoms with van der Waals surface area (Å²) in [5.74, 6) is -2.69. The molecule has 202 valence electrons. The highest BCUT2D eigenvalue weighted by Gasteiger charge is 2.80. The Morgan fingerprint density at radius 2 is 1.74 bits per heavy atom. The average molecular weight is 528 g/mol. The highest BCUT2D eigenvalue weighted by molar-refractivity contribution is 6.04. The predicted octanol–water partition coefficient (Wildman–Crippen LogP) is 3.27. The molecule has 1 spiro atoms. The fraction of sp³-hybridized carbons (Fsp3) is 0.387. The standard InChI is InChI=1S/C31H33N3O5/c1-18-16-31-25(24(27(36)32-3)30(18,2)39-31)29(38)34(23(17-35)20-10-5-4-6-11-20)26(31)28(37)33-22-14-13-19-9-7-8-12-21(19)15-22/h4-15,18,23-26,35H,16-17H2,1-3H3,(H,32,36)(H,33,37)/t18?,23-,24+,25+,26?,30-,31?/m1/s1. The third kappa shape index (κ3) is 3.62. The van der Waals surface area contributed by atoms with Gasteiger partial charge in [0, 0.05) is 12.7 Å². The molecule has 3 aromatic carbocycles. The normalized spacial score (nSPS) is 31.8. The number of fused-ring (bicyclic) bond motifs is 2. The van der Waals surface area contributed by atoms with E-state index in [-0.39, 0.29) is 24.3 Å². The van der Waals surface area contributed by atoms with Crippen molar-refractivity contribution >= 4 is 34.2 Å². The molecule has 0 saturated carbocycles. The summed E-state index contributed by atoms with van der Waals surface area (Å²) in [6.45, 7) is 3.50. The monoisotopic (exact) mass is 527 g/mol. The molecule has 6 rings (SSSR count). The third-order valence-corrected chi connectivity index (χ3v) is 9.24. The van der Waals surface area contributed by atoms with E-state index in [4.69, 9.17) is 4.74 Å². The van der Waals surface area contributed by atoms with Crippen molar-refractivity contribution < 1.29 is 24.2 Å². The van der Waals surface area contributed by atoms with Crippen LogP contribution in [0.5, 0.6) is 0 Å². The number of hydrogen-bond donors (Lipinski definition) is 3. The quantitative estimate of drug-likeness (QED) is 0.456.